The van der Waals surface area contributed by atoms with E-state index in [0.717, 1.165) is 24.4 Å². The van der Waals surface area contributed by atoms with E-state index in [2.05, 4.69) is 19.9 Å². The summed E-state index contributed by atoms with van der Waals surface area (Å²) in [5.74, 6) is 1.56. The molecule has 2 N–H and O–H groups in total. The maximum absolute atomic E-state index is 14.6. The van der Waals surface area contributed by atoms with Crippen molar-refractivity contribution in [3.05, 3.63) is 36.5 Å². The van der Waals surface area contributed by atoms with Gasteiger partial charge in [0.1, 0.15) is 12.4 Å². The molecule has 1 aliphatic heterocycles. The van der Waals surface area contributed by atoms with Crippen LogP contribution in [0.1, 0.15) is 19.3 Å². The van der Waals surface area contributed by atoms with Gasteiger partial charge in [-0.05, 0) is 18.4 Å². The van der Waals surface area contributed by atoms with Crippen molar-refractivity contribution in [2.45, 2.75) is 32.0 Å². The lowest BCUT2D eigenvalue weighted by molar-refractivity contribution is 0.0943. The number of nitrogens with zero attached hydrogens (tertiary/aromatic N) is 4. The number of pyridine rings is 1. The fourth-order valence-corrected chi connectivity index (χ4v) is 3.53. The Labute approximate surface area is 161 Å². The molecule has 5 rings (SSSR count). The lowest BCUT2D eigenvalue weighted by Gasteiger charge is -2.31. The van der Waals surface area contributed by atoms with Crippen LogP contribution in [0.5, 0.6) is 5.75 Å². The van der Waals surface area contributed by atoms with Crippen LogP contribution in [-0.4, -0.2) is 39.5 Å². The molecular formula is C20H22FN5O2. The van der Waals surface area contributed by atoms with Crippen LogP contribution in [0.25, 0.3) is 11.0 Å². The van der Waals surface area contributed by atoms with Gasteiger partial charge in [-0.3, -0.25) is 0 Å². The molecule has 146 valence electrons. The SMILES string of the molecule is CN1c2ncc(Nc3cc4c(cc3F)ncn4CCC3CC3)cc2OCC1O. The smallest absolute Gasteiger partial charge is 0.173 e. The maximum atomic E-state index is 14.6. The van der Waals surface area contributed by atoms with Crippen LogP contribution < -0.4 is 15.0 Å². The quantitative estimate of drug-likeness (QED) is 0.704. The molecule has 1 atom stereocenters. The van der Waals surface area contributed by atoms with Crippen LogP contribution in [0.3, 0.4) is 0 Å². The highest BCUT2D eigenvalue weighted by molar-refractivity contribution is 5.81. The van der Waals surface area contributed by atoms with Gasteiger partial charge in [-0.25, -0.2) is 14.4 Å². The number of aliphatic hydroxyl groups is 1. The van der Waals surface area contributed by atoms with E-state index in [-0.39, 0.29) is 12.4 Å². The Balaban J connectivity index is 1.42. The van der Waals surface area contributed by atoms with Crippen LogP contribution in [0.2, 0.25) is 0 Å². The van der Waals surface area contributed by atoms with Crippen molar-refractivity contribution in [3.63, 3.8) is 0 Å². The van der Waals surface area contributed by atoms with Gasteiger partial charge >= 0.3 is 0 Å². The van der Waals surface area contributed by atoms with Crippen molar-refractivity contribution in [2.24, 2.45) is 5.92 Å². The number of ether oxygens (including phenoxy) is 1. The van der Waals surface area contributed by atoms with Gasteiger partial charge in [0.2, 0.25) is 0 Å². The summed E-state index contributed by atoms with van der Waals surface area (Å²) in [6.07, 6.45) is 6.42. The molecule has 7 nitrogen and oxygen atoms in total. The molecule has 1 unspecified atom stereocenters. The maximum Gasteiger partial charge on any atom is 0.173 e. The number of nitrogens with one attached hydrogen (secondary N) is 1. The third-order valence-corrected chi connectivity index (χ3v) is 5.47. The second-order valence-corrected chi connectivity index (χ2v) is 7.56. The predicted molar refractivity (Wildman–Crippen MR) is 104 cm³/mol. The number of benzene rings is 1. The van der Waals surface area contributed by atoms with Gasteiger partial charge in [0.25, 0.3) is 0 Å². The summed E-state index contributed by atoms with van der Waals surface area (Å²) < 4.78 is 22.2. The number of rotatable bonds is 5. The van der Waals surface area contributed by atoms with Crippen molar-refractivity contribution in [1.29, 1.82) is 0 Å². The summed E-state index contributed by atoms with van der Waals surface area (Å²) in [7, 11) is 1.75. The van der Waals surface area contributed by atoms with Crippen LogP contribution in [0.15, 0.2) is 30.7 Å². The van der Waals surface area contributed by atoms with E-state index < -0.39 is 6.23 Å². The number of hydrogen-bond acceptors (Lipinski definition) is 6. The Kier molecular flexibility index (Phi) is 4.08. The largest absolute Gasteiger partial charge is 0.485 e. The van der Waals surface area contributed by atoms with E-state index in [1.54, 1.807) is 36.6 Å². The Hall–Kier alpha value is -2.87. The molecule has 1 saturated carbocycles. The number of halogens is 1. The Morgan fingerprint density at radius 1 is 1.29 bits per heavy atom. The van der Waals surface area contributed by atoms with E-state index >= 15 is 0 Å². The highest BCUT2D eigenvalue weighted by Crippen LogP contribution is 2.35. The topological polar surface area (TPSA) is 75.4 Å². The minimum absolute atomic E-state index is 0.162. The van der Waals surface area contributed by atoms with E-state index in [1.165, 1.54) is 18.9 Å². The molecule has 1 aliphatic carbocycles. The van der Waals surface area contributed by atoms with Crippen LogP contribution in [0, 0.1) is 11.7 Å². The molecule has 3 aromatic rings. The first kappa shape index (κ1) is 17.2. The molecule has 0 amide bonds. The summed E-state index contributed by atoms with van der Waals surface area (Å²) in [5.41, 5.74) is 2.55. The minimum Gasteiger partial charge on any atom is -0.485 e. The Morgan fingerprint density at radius 3 is 2.96 bits per heavy atom. The standard InChI is InChI=1S/C20H22FN5O2/c1-25-19(27)10-28-18-6-13(9-22-20(18)25)24-15-8-17-16(7-14(15)21)23-11-26(17)5-4-12-2-3-12/h6-9,11-12,19,24,27H,2-5,10H2,1H3. The van der Waals surface area contributed by atoms with E-state index in [1.807, 2.05) is 0 Å². The van der Waals surface area contributed by atoms with Crippen molar-refractivity contribution in [2.75, 3.05) is 23.9 Å². The average molecular weight is 383 g/mol. The molecule has 2 aliphatic rings. The summed E-state index contributed by atoms with van der Waals surface area (Å²) in [6.45, 7) is 1.06. The summed E-state index contributed by atoms with van der Waals surface area (Å²) in [5, 5.41) is 12.9. The molecule has 3 heterocycles. The van der Waals surface area contributed by atoms with Crippen molar-refractivity contribution in [3.8, 4) is 5.75 Å². The molecule has 2 aromatic heterocycles. The molecule has 0 saturated heterocycles. The first-order valence-corrected chi connectivity index (χ1v) is 9.53. The molecule has 28 heavy (non-hydrogen) atoms. The van der Waals surface area contributed by atoms with Crippen molar-refractivity contribution in [1.82, 2.24) is 14.5 Å². The lowest BCUT2D eigenvalue weighted by atomic mass is 10.2. The number of likely N-dealkylation sites (N-methyl/N-ethyl adjacent to an activating group) is 1. The highest BCUT2D eigenvalue weighted by atomic mass is 19.1. The van der Waals surface area contributed by atoms with Crippen molar-refractivity contribution >= 4 is 28.2 Å². The number of hydrogen-bond donors (Lipinski definition) is 2. The van der Waals surface area contributed by atoms with Crippen LogP contribution >= 0.6 is 0 Å². The zero-order valence-corrected chi connectivity index (χ0v) is 15.6. The number of aryl methyl sites for hydroxylation is 1. The summed E-state index contributed by atoms with van der Waals surface area (Å²) >= 11 is 0. The van der Waals surface area contributed by atoms with E-state index in [0.29, 0.717) is 28.5 Å². The molecule has 0 spiro atoms. The number of imidazole rings is 1. The van der Waals surface area contributed by atoms with Crippen molar-refractivity contribution < 1.29 is 14.2 Å². The van der Waals surface area contributed by atoms with Gasteiger partial charge in [0, 0.05) is 25.7 Å². The molecule has 0 bridgehead atoms. The Bertz CT molecular complexity index is 1030. The summed E-state index contributed by atoms with van der Waals surface area (Å²) in [6, 6.07) is 5.01. The lowest BCUT2D eigenvalue weighted by Crippen LogP contribution is -2.40. The predicted octanol–water partition coefficient (Wildman–Crippen LogP) is 3.26. The number of aromatic nitrogens is 3. The number of fused-ring (bicyclic) bond motifs is 2. The zero-order chi connectivity index (χ0) is 19.3. The third kappa shape index (κ3) is 3.13. The van der Waals surface area contributed by atoms with Gasteiger partial charge in [-0.2, -0.15) is 0 Å². The highest BCUT2D eigenvalue weighted by Gasteiger charge is 2.24. The Morgan fingerprint density at radius 2 is 2.14 bits per heavy atom. The first-order chi connectivity index (χ1) is 13.6. The molecular weight excluding hydrogens is 361 g/mol. The second-order valence-electron chi connectivity index (χ2n) is 7.56. The van der Waals surface area contributed by atoms with Gasteiger partial charge in [0.05, 0.1) is 34.9 Å². The monoisotopic (exact) mass is 383 g/mol. The van der Waals surface area contributed by atoms with Gasteiger partial charge < -0.3 is 24.6 Å². The van der Waals surface area contributed by atoms with Crippen LogP contribution in [-0.2, 0) is 6.54 Å². The normalized spacial score (nSPS) is 18.8. The zero-order valence-electron chi connectivity index (χ0n) is 15.6. The van der Waals surface area contributed by atoms with Gasteiger partial charge in [-0.15, -0.1) is 0 Å². The number of aliphatic hydroxyl groups excluding tert-OH is 1. The number of anilines is 3. The fourth-order valence-electron chi connectivity index (χ4n) is 3.53. The molecule has 0 radical (unpaired) electrons. The third-order valence-electron chi connectivity index (χ3n) is 5.47. The minimum atomic E-state index is -0.727. The molecule has 8 heteroatoms. The molecule has 1 fully saturated rings. The van der Waals surface area contributed by atoms with Gasteiger partial charge in [0.15, 0.2) is 17.8 Å². The average Bonchev–Trinajstić information content (AvgIpc) is 3.44. The van der Waals surface area contributed by atoms with Gasteiger partial charge in [-0.1, -0.05) is 12.8 Å². The van der Waals surface area contributed by atoms with Crippen LogP contribution in [0.4, 0.5) is 21.6 Å². The first-order valence-electron chi connectivity index (χ1n) is 9.53. The molecule has 1 aromatic carbocycles. The fraction of sp³-hybridized carbons (Fsp3) is 0.400. The second kappa shape index (κ2) is 6.63. The van der Waals surface area contributed by atoms with E-state index in [4.69, 9.17) is 4.74 Å². The summed E-state index contributed by atoms with van der Waals surface area (Å²) in [4.78, 5) is 10.3. The van der Waals surface area contributed by atoms with E-state index in [9.17, 15) is 9.50 Å².